The van der Waals surface area contributed by atoms with E-state index >= 15 is 0 Å². The lowest BCUT2D eigenvalue weighted by atomic mass is 10.1. The van der Waals surface area contributed by atoms with Gasteiger partial charge >= 0.3 is 5.97 Å². The van der Waals surface area contributed by atoms with Crippen LogP contribution < -0.4 is 19.7 Å². The molecule has 2 aromatic carbocycles. The highest BCUT2D eigenvalue weighted by molar-refractivity contribution is 7.98. The van der Waals surface area contributed by atoms with E-state index < -0.39 is 23.9 Å². The Labute approximate surface area is 190 Å². The summed E-state index contributed by atoms with van der Waals surface area (Å²) in [6.07, 6.45) is 1.00. The monoisotopic (exact) mass is 456 g/mol. The summed E-state index contributed by atoms with van der Waals surface area (Å²) in [7, 11) is 0. The Hall–Kier alpha value is -3.20. The van der Waals surface area contributed by atoms with Crippen molar-refractivity contribution in [1.29, 1.82) is 0 Å². The number of hydrogen-bond donors (Lipinski definition) is 1. The van der Waals surface area contributed by atoms with Crippen LogP contribution in [0, 0.1) is 5.92 Å². The van der Waals surface area contributed by atoms with Crippen molar-refractivity contribution in [1.82, 2.24) is 0 Å². The summed E-state index contributed by atoms with van der Waals surface area (Å²) in [5.41, 5.74) is 1.26. The van der Waals surface area contributed by atoms with Crippen molar-refractivity contribution >= 4 is 40.9 Å². The van der Waals surface area contributed by atoms with Gasteiger partial charge in [-0.2, -0.15) is 0 Å². The highest BCUT2D eigenvalue weighted by Crippen LogP contribution is 2.33. The van der Waals surface area contributed by atoms with Gasteiger partial charge in [-0.15, -0.1) is 11.8 Å². The van der Waals surface area contributed by atoms with E-state index in [4.69, 9.17) is 14.2 Å². The van der Waals surface area contributed by atoms with Gasteiger partial charge in [-0.05, 0) is 43.5 Å². The van der Waals surface area contributed by atoms with Crippen LogP contribution in [0.2, 0.25) is 0 Å². The number of nitrogens with one attached hydrogen (secondary N) is 1. The third-order valence-corrected chi connectivity index (χ3v) is 6.02. The molecule has 2 aliphatic rings. The molecule has 0 unspecified atom stereocenters. The molecule has 2 heterocycles. The summed E-state index contributed by atoms with van der Waals surface area (Å²) < 4.78 is 16.3. The van der Waals surface area contributed by atoms with Gasteiger partial charge in [-0.25, -0.2) is 0 Å². The molecule has 4 rings (SSSR count). The van der Waals surface area contributed by atoms with Crippen LogP contribution in [0.25, 0.3) is 0 Å². The van der Waals surface area contributed by atoms with Crippen molar-refractivity contribution in [2.24, 2.45) is 5.92 Å². The van der Waals surface area contributed by atoms with E-state index in [2.05, 4.69) is 5.32 Å². The molecule has 2 aromatic rings. The lowest BCUT2D eigenvalue weighted by Gasteiger charge is -2.20. The molecule has 0 saturated carbocycles. The third kappa shape index (κ3) is 4.83. The predicted molar refractivity (Wildman–Crippen MR) is 120 cm³/mol. The number of hydrogen-bond acceptors (Lipinski definition) is 7. The molecule has 2 amide bonds. The minimum Gasteiger partial charge on any atom is -0.486 e. The number of carbonyl (C=O) groups excluding carboxylic acids is 3. The summed E-state index contributed by atoms with van der Waals surface area (Å²) in [6, 6.07) is 12.7. The van der Waals surface area contributed by atoms with Crippen LogP contribution in [0.3, 0.4) is 0 Å². The Morgan fingerprint density at radius 2 is 1.94 bits per heavy atom. The fourth-order valence-corrected chi connectivity index (χ4v) is 4.04. The molecule has 8 nitrogen and oxygen atoms in total. The average molecular weight is 457 g/mol. The van der Waals surface area contributed by atoms with E-state index in [0.29, 0.717) is 30.4 Å². The van der Waals surface area contributed by atoms with E-state index in [1.165, 1.54) is 6.92 Å². The summed E-state index contributed by atoms with van der Waals surface area (Å²) >= 11 is 1.58. The second kappa shape index (κ2) is 9.52. The number of nitrogens with zero attached hydrogens (tertiary/aromatic N) is 1. The topological polar surface area (TPSA) is 94.2 Å². The van der Waals surface area contributed by atoms with Gasteiger partial charge in [0.2, 0.25) is 5.91 Å². The first-order chi connectivity index (χ1) is 15.4. The Bertz CT molecular complexity index is 1040. The van der Waals surface area contributed by atoms with Crippen LogP contribution in [-0.2, 0) is 19.1 Å². The van der Waals surface area contributed by atoms with Gasteiger partial charge in [-0.3, -0.25) is 14.4 Å². The summed E-state index contributed by atoms with van der Waals surface area (Å²) in [5, 5.41) is 2.71. The fraction of sp³-hybridized carbons (Fsp3) is 0.348. The van der Waals surface area contributed by atoms with Crippen molar-refractivity contribution in [3.63, 3.8) is 0 Å². The van der Waals surface area contributed by atoms with E-state index in [0.717, 1.165) is 10.6 Å². The zero-order valence-electron chi connectivity index (χ0n) is 17.8. The van der Waals surface area contributed by atoms with Crippen molar-refractivity contribution < 1.29 is 28.6 Å². The molecule has 168 valence electrons. The van der Waals surface area contributed by atoms with Crippen molar-refractivity contribution in [2.45, 2.75) is 24.3 Å². The van der Waals surface area contributed by atoms with E-state index in [9.17, 15) is 14.4 Å². The zero-order valence-corrected chi connectivity index (χ0v) is 18.6. The molecular formula is C23H24N2O6S. The SMILES string of the molecule is CSc1cccc(N2C[C@H](C(=O)O[C@H](C)C(=O)Nc3ccc4c(c3)OCCO4)CC2=O)c1. The predicted octanol–water partition coefficient (Wildman–Crippen LogP) is 3.10. The lowest BCUT2D eigenvalue weighted by Crippen LogP contribution is -2.33. The number of amides is 2. The number of anilines is 2. The Balaban J connectivity index is 1.34. The fourth-order valence-electron chi connectivity index (χ4n) is 3.58. The maximum atomic E-state index is 12.6. The van der Waals surface area contributed by atoms with Crippen LogP contribution in [0.15, 0.2) is 47.4 Å². The molecule has 1 saturated heterocycles. The first-order valence-electron chi connectivity index (χ1n) is 10.3. The summed E-state index contributed by atoms with van der Waals surface area (Å²) in [6.45, 7) is 2.65. The smallest absolute Gasteiger partial charge is 0.312 e. The maximum absolute atomic E-state index is 12.6. The van der Waals surface area contributed by atoms with Crippen LogP contribution in [0.1, 0.15) is 13.3 Å². The van der Waals surface area contributed by atoms with Gasteiger partial charge in [-0.1, -0.05) is 6.07 Å². The minimum absolute atomic E-state index is 0.0544. The number of benzene rings is 2. The quantitative estimate of drug-likeness (QED) is 0.527. The van der Waals surface area contributed by atoms with Gasteiger partial charge in [0.15, 0.2) is 17.6 Å². The minimum atomic E-state index is -1.01. The van der Waals surface area contributed by atoms with Crippen molar-refractivity contribution in [3.8, 4) is 11.5 Å². The molecule has 9 heteroatoms. The first kappa shape index (κ1) is 22.0. The van der Waals surface area contributed by atoms with Gasteiger partial charge in [0, 0.05) is 35.3 Å². The van der Waals surface area contributed by atoms with E-state index in [1.807, 2.05) is 30.5 Å². The summed E-state index contributed by atoms with van der Waals surface area (Å²) in [4.78, 5) is 40.2. The molecule has 0 bridgehead atoms. The Morgan fingerprint density at radius 3 is 2.72 bits per heavy atom. The number of fused-ring (bicyclic) bond motifs is 1. The number of thioether (sulfide) groups is 1. The number of esters is 1. The maximum Gasteiger partial charge on any atom is 0.312 e. The van der Waals surface area contributed by atoms with Crippen LogP contribution in [0.5, 0.6) is 11.5 Å². The highest BCUT2D eigenvalue weighted by Gasteiger charge is 2.37. The molecule has 2 atom stereocenters. The van der Waals surface area contributed by atoms with Crippen LogP contribution >= 0.6 is 11.8 Å². The first-order valence-corrected chi connectivity index (χ1v) is 11.5. The number of rotatable bonds is 6. The van der Waals surface area contributed by atoms with Gasteiger partial charge in [0.05, 0.1) is 5.92 Å². The standard InChI is InChI=1S/C23H24N2O6S/c1-14(22(27)24-16-6-7-19-20(11-16)30-9-8-29-19)31-23(28)15-10-21(26)25(13-15)17-4-3-5-18(12-17)32-2/h3-7,11-12,14-15H,8-10,13H2,1-2H3,(H,24,27)/t14-,15-/m1/s1. The van der Waals surface area contributed by atoms with Gasteiger partial charge in [0.25, 0.3) is 5.91 Å². The molecule has 0 aromatic heterocycles. The highest BCUT2D eigenvalue weighted by atomic mass is 32.2. The molecule has 1 N–H and O–H groups in total. The normalized spacial score (nSPS) is 18.2. The second-order valence-corrected chi connectivity index (χ2v) is 8.41. The van der Waals surface area contributed by atoms with Gasteiger partial charge < -0.3 is 24.4 Å². The molecule has 32 heavy (non-hydrogen) atoms. The van der Waals surface area contributed by atoms with Gasteiger partial charge in [0.1, 0.15) is 13.2 Å². The lowest BCUT2D eigenvalue weighted by molar-refractivity contribution is -0.157. The number of carbonyl (C=O) groups is 3. The molecule has 0 spiro atoms. The molecule has 0 aliphatic carbocycles. The number of ether oxygens (including phenoxy) is 3. The Kier molecular flexibility index (Phi) is 6.55. The van der Waals surface area contributed by atoms with E-state index in [-0.39, 0.29) is 18.9 Å². The third-order valence-electron chi connectivity index (χ3n) is 5.30. The average Bonchev–Trinajstić information content (AvgIpc) is 3.20. The largest absolute Gasteiger partial charge is 0.486 e. The van der Waals surface area contributed by atoms with Crippen LogP contribution in [0.4, 0.5) is 11.4 Å². The Morgan fingerprint density at radius 1 is 1.16 bits per heavy atom. The summed E-state index contributed by atoms with van der Waals surface area (Å²) in [5.74, 6) is -0.625. The second-order valence-electron chi connectivity index (χ2n) is 7.53. The molecule has 0 radical (unpaired) electrons. The molecular weight excluding hydrogens is 432 g/mol. The van der Waals surface area contributed by atoms with Crippen molar-refractivity contribution in [2.75, 3.05) is 36.2 Å². The molecule has 1 fully saturated rings. The zero-order chi connectivity index (χ0) is 22.7. The molecule has 2 aliphatic heterocycles. The van der Waals surface area contributed by atoms with E-state index in [1.54, 1.807) is 34.9 Å². The van der Waals surface area contributed by atoms with Crippen molar-refractivity contribution in [3.05, 3.63) is 42.5 Å². The van der Waals surface area contributed by atoms with Crippen LogP contribution in [-0.4, -0.2) is 49.9 Å².